The number of nitrogens with zero attached hydrogens (tertiary/aromatic N) is 2. The molecule has 0 aromatic heterocycles. The summed E-state index contributed by atoms with van der Waals surface area (Å²) in [6.07, 6.45) is 0. The van der Waals surface area contributed by atoms with Crippen LogP contribution in [0.5, 0.6) is 0 Å². The molecule has 21 heavy (non-hydrogen) atoms. The number of thiocarbonyl (C=S) groups is 2. The summed E-state index contributed by atoms with van der Waals surface area (Å²) in [5.41, 5.74) is 12.1. The molecule has 0 bridgehead atoms. The molecular formula is C12H15FN6S2. The average Bonchev–Trinajstić information content (AvgIpc) is 2.46. The van der Waals surface area contributed by atoms with Crippen LogP contribution in [0.15, 0.2) is 34.5 Å². The van der Waals surface area contributed by atoms with Gasteiger partial charge in [-0.2, -0.15) is 10.2 Å². The Labute approximate surface area is 132 Å². The lowest BCUT2D eigenvalue weighted by Gasteiger charge is -2.08. The van der Waals surface area contributed by atoms with Gasteiger partial charge in [-0.3, -0.25) is 10.9 Å². The number of nitrogens with one attached hydrogen (secondary N) is 3. The van der Waals surface area contributed by atoms with Gasteiger partial charge in [0.05, 0.1) is 5.71 Å². The number of benzene rings is 1. The number of hydrogen-bond acceptors (Lipinski definition) is 4. The van der Waals surface area contributed by atoms with Gasteiger partial charge in [0.15, 0.2) is 10.2 Å². The molecule has 0 fully saturated rings. The first-order valence-corrected chi connectivity index (χ1v) is 6.67. The van der Waals surface area contributed by atoms with E-state index in [1.807, 2.05) is 0 Å². The third kappa shape index (κ3) is 5.79. The molecular weight excluding hydrogens is 311 g/mol. The molecule has 1 aromatic rings. The average molecular weight is 326 g/mol. The molecule has 0 saturated heterocycles. The van der Waals surface area contributed by atoms with Gasteiger partial charge in [-0.05, 0) is 55.6 Å². The van der Waals surface area contributed by atoms with E-state index in [-0.39, 0.29) is 10.9 Å². The molecule has 0 spiro atoms. The van der Waals surface area contributed by atoms with Gasteiger partial charge in [-0.25, -0.2) is 4.39 Å². The minimum atomic E-state index is -0.340. The van der Waals surface area contributed by atoms with Crippen molar-refractivity contribution in [3.63, 3.8) is 0 Å². The van der Waals surface area contributed by atoms with Gasteiger partial charge in [0.2, 0.25) is 0 Å². The summed E-state index contributed by atoms with van der Waals surface area (Å²) in [7, 11) is 1.66. The summed E-state index contributed by atoms with van der Waals surface area (Å²) < 4.78 is 13.0. The first-order valence-electron chi connectivity index (χ1n) is 5.85. The summed E-state index contributed by atoms with van der Waals surface area (Å²) >= 11 is 9.63. The number of nitrogens with two attached hydrogens (primary N) is 1. The van der Waals surface area contributed by atoms with E-state index in [1.54, 1.807) is 26.1 Å². The number of halogens is 1. The normalized spacial score (nSPS) is 11.8. The smallest absolute Gasteiger partial charge is 0.186 e. The van der Waals surface area contributed by atoms with Crippen LogP contribution in [0.25, 0.3) is 0 Å². The van der Waals surface area contributed by atoms with Crippen LogP contribution in [0.1, 0.15) is 12.5 Å². The highest BCUT2D eigenvalue weighted by atomic mass is 32.1. The van der Waals surface area contributed by atoms with Gasteiger partial charge in [-0.1, -0.05) is 0 Å². The molecule has 1 rings (SSSR count). The first-order chi connectivity index (χ1) is 9.93. The second-order valence-corrected chi connectivity index (χ2v) is 4.68. The predicted molar refractivity (Wildman–Crippen MR) is 90.8 cm³/mol. The summed E-state index contributed by atoms with van der Waals surface area (Å²) in [6, 6.07) is 5.82. The molecule has 0 aliphatic rings. The Hall–Kier alpha value is -2.13. The van der Waals surface area contributed by atoms with E-state index in [0.29, 0.717) is 22.1 Å². The van der Waals surface area contributed by atoms with Gasteiger partial charge in [0, 0.05) is 12.6 Å². The Bertz CT molecular complexity index is 582. The zero-order valence-electron chi connectivity index (χ0n) is 11.5. The van der Waals surface area contributed by atoms with E-state index in [4.69, 9.17) is 18.0 Å². The molecule has 1 aromatic carbocycles. The second-order valence-electron chi connectivity index (χ2n) is 3.83. The van der Waals surface area contributed by atoms with Crippen LogP contribution in [0.4, 0.5) is 4.39 Å². The molecule has 0 aliphatic heterocycles. The predicted octanol–water partition coefficient (Wildman–Crippen LogP) is 0.833. The molecule has 5 N–H and O–H groups in total. The van der Waals surface area contributed by atoms with Crippen molar-refractivity contribution in [2.24, 2.45) is 15.9 Å². The van der Waals surface area contributed by atoms with E-state index in [2.05, 4.69) is 38.6 Å². The van der Waals surface area contributed by atoms with Crippen LogP contribution < -0.4 is 21.9 Å². The zero-order chi connectivity index (χ0) is 15.8. The minimum Gasteiger partial charge on any atom is -0.375 e. The Morgan fingerprint density at radius 3 is 2.29 bits per heavy atom. The van der Waals surface area contributed by atoms with Crippen molar-refractivity contribution < 1.29 is 4.39 Å². The second kappa shape index (κ2) is 8.22. The highest BCUT2D eigenvalue weighted by molar-refractivity contribution is 7.80. The van der Waals surface area contributed by atoms with Crippen molar-refractivity contribution in [1.29, 1.82) is 0 Å². The highest BCUT2D eigenvalue weighted by Gasteiger charge is 2.09. The Balaban J connectivity index is 3.10. The summed E-state index contributed by atoms with van der Waals surface area (Å²) in [4.78, 5) is 0. The molecule has 0 aliphatic carbocycles. The molecule has 112 valence electrons. The van der Waals surface area contributed by atoms with Crippen molar-refractivity contribution in [2.75, 3.05) is 7.05 Å². The largest absolute Gasteiger partial charge is 0.375 e. The monoisotopic (exact) mass is 326 g/mol. The molecule has 0 atom stereocenters. The van der Waals surface area contributed by atoms with Crippen molar-refractivity contribution in [1.82, 2.24) is 16.2 Å². The van der Waals surface area contributed by atoms with Crippen LogP contribution in [-0.2, 0) is 0 Å². The van der Waals surface area contributed by atoms with Crippen LogP contribution in [0.3, 0.4) is 0 Å². The van der Waals surface area contributed by atoms with Crippen LogP contribution in [0, 0.1) is 5.82 Å². The van der Waals surface area contributed by atoms with E-state index in [0.717, 1.165) is 0 Å². The summed E-state index contributed by atoms with van der Waals surface area (Å²) in [5, 5.41) is 11.3. The Morgan fingerprint density at radius 2 is 1.76 bits per heavy atom. The van der Waals surface area contributed by atoms with Crippen molar-refractivity contribution in [3.8, 4) is 0 Å². The summed E-state index contributed by atoms with van der Waals surface area (Å²) in [5.74, 6) is -0.340. The lowest BCUT2D eigenvalue weighted by Crippen LogP contribution is -2.31. The van der Waals surface area contributed by atoms with Crippen LogP contribution in [0.2, 0.25) is 0 Å². The molecule has 9 heteroatoms. The summed E-state index contributed by atoms with van der Waals surface area (Å²) in [6.45, 7) is 1.71. The number of hydrazone groups is 2. The number of rotatable bonds is 4. The van der Waals surface area contributed by atoms with E-state index >= 15 is 0 Å². The first kappa shape index (κ1) is 16.9. The fourth-order valence-corrected chi connectivity index (χ4v) is 1.41. The molecule has 0 heterocycles. The third-order valence-corrected chi connectivity index (χ3v) is 2.68. The van der Waals surface area contributed by atoms with Crippen molar-refractivity contribution in [3.05, 3.63) is 35.6 Å². The lowest BCUT2D eigenvalue weighted by molar-refractivity contribution is 0.628. The van der Waals surface area contributed by atoms with Crippen LogP contribution in [-0.4, -0.2) is 28.7 Å². The SMILES string of the molecule is CNC(=S)N/N=C(/C(C)=N/NC(N)=S)c1ccc(F)cc1. The Morgan fingerprint density at radius 1 is 1.14 bits per heavy atom. The van der Waals surface area contributed by atoms with Gasteiger partial charge < -0.3 is 11.1 Å². The highest BCUT2D eigenvalue weighted by Crippen LogP contribution is 2.06. The van der Waals surface area contributed by atoms with E-state index in [1.165, 1.54) is 12.1 Å². The quantitative estimate of drug-likeness (QED) is 0.373. The molecule has 0 saturated carbocycles. The van der Waals surface area contributed by atoms with Crippen LogP contribution >= 0.6 is 24.4 Å². The lowest BCUT2D eigenvalue weighted by atomic mass is 10.1. The van der Waals surface area contributed by atoms with Crippen molar-refractivity contribution >= 4 is 46.1 Å². The number of hydrogen-bond donors (Lipinski definition) is 4. The topological polar surface area (TPSA) is 86.8 Å². The van der Waals surface area contributed by atoms with Gasteiger partial charge in [0.25, 0.3) is 0 Å². The maximum absolute atomic E-state index is 13.0. The fourth-order valence-electron chi connectivity index (χ4n) is 1.32. The van der Waals surface area contributed by atoms with Gasteiger partial charge >= 0.3 is 0 Å². The van der Waals surface area contributed by atoms with E-state index in [9.17, 15) is 4.39 Å². The minimum absolute atomic E-state index is 0.0338. The maximum Gasteiger partial charge on any atom is 0.186 e. The molecule has 0 radical (unpaired) electrons. The van der Waals surface area contributed by atoms with Gasteiger partial charge in [0.1, 0.15) is 11.5 Å². The van der Waals surface area contributed by atoms with E-state index < -0.39 is 0 Å². The standard InChI is InChI=1S/C12H15FN6S2/c1-7(16-18-11(14)20)10(17-19-12(21)15-2)8-3-5-9(13)6-4-8/h3-6H,1-2H3,(H3,14,18,20)(H2,15,19,21)/b16-7+,17-10-. The third-order valence-electron chi connectivity index (χ3n) is 2.29. The molecule has 0 amide bonds. The van der Waals surface area contributed by atoms with Crippen molar-refractivity contribution in [2.45, 2.75) is 6.92 Å². The Kier molecular flexibility index (Phi) is 6.63. The molecule has 0 unspecified atom stereocenters. The molecule has 6 nitrogen and oxygen atoms in total. The van der Waals surface area contributed by atoms with Gasteiger partial charge in [-0.15, -0.1) is 0 Å². The fraction of sp³-hybridized carbons (Fsp3) is 0.167. The maximum atomic E-state index is 13.0. The zero-order valence-corrected chi connectivity index (χ0v) is 13.1.